The van der Waals surface area contributed by atoms with Crippen LogP contribution in [0.1, 0.15) is 142 Å². The molecule has 5 heteroatoms. The van der Waals surface area contributed by atoms with Crippen LogP contribution in [-0.4, -0.2) is 36.4 Å². The summed E-state index contributed by atoms with van der Waals surface area (Å²) in [5.41, 5.74) is 0. The van der Waals surface area contributed by atoms with E-state index in [2.05, 4.69) is 98.9 Å². The van der Waals surface area contributed by atoms with E-state index in [9.17, 15) is 14.7 Å². The van der Waals surface area contributed by atoms with Gasteiger partial charge in [-0.25, -0.2) is 0 Å². The first-order valence-corrected chi connectivity index (χ1v) is 18.1. The lowest BCUT2D eigenvalue weighted by molar-refractivity contribution is -0.152. The fourth-order valence-corrected chi connectivity index (χ4v) is 4.38. The van der Waals surface area contributed by atoms with Crippen LogP contribution in [0.3, 0.4) is 0 Å². The molecule has 46 heavy (non-hydrogen) atoms. The van der Waals surface area contributed by atoms with E-state index in [-0.39, 0.29) is 25.2 Å². The summed E-state index contributed by atoms with van der Waals surface area (Å²) in [7, 11) is 0. The molecular weight excluding hydrogens is 572 g/mol. The Morgan fingerprint density at radius 1 is 0.478 bits per heavy atom. The quantitative estimate of drug-likeness (QED) is 0.0465. The molecule has 0 amide bonds. The lowest BCUT2D eigenvalue weighted by atomic mass is 10.1. The van der Waals surface area contributed by atoms with Crippen LogP contribution in [-0.2, 0) is 19.1 Å². The number of rotatable bonds is 31. The third-order valence-electron chi connectivity index (χ3n) is 7.11. The van der Waals surface area contributed by atoms with Gasteiger partial charge in [-0.05, 0) is 83.5 Å². The lowest BCUT2D eigenvalue weighted by Crippen LogP contribution is -2.25. The zero-order valence-electron chi connectivity index (χ0n) is 29.3. The van der Waals surface area contributed by atoms with Crippen molar-refractivity contribution >= 4 is 11.9 Å². The van der Waals surface area contributed by atoms with Gasteiger partial charge in [0, 0.05) is 12.8 Å². The highest BCUT2D eigenvalue weighted by Gasteiger charge is 2.11. The Morgan fingerprint density at radius 2 is 0.848 bits per heavy atom. The third-order valence-corrected chi connectivity index (χ3v) is 7.11. The maximum Gasteiger partial charge on any atom is 0.305 e. The van der Waals surface area contributed by atoms with Gasteiger partial charge in [-0.2, -0.15) is 0 Å². The van der Waals surface area contributed by atoms with Crippen LogP contribution in [0.4, 0.5) is 0 Å². The molecule has 0 spiro atoms. The molecule has 260 valence electrons. The van der Waals surface area contributed by atoms with Gasteiger partial charge in [-0.15, -0.1) is 0 Å². The number of allylic oxidation sites excluding steroid dienone is 14. The van der Waals surface area contributed by atoms with Crippen molar-refractivity contribution in [2.75, 3.05) is 13.2 Å². The van der Waals surface area contributed by atoms with Crippen LogP contribution in [0.5, 0.6) is 0 Å². The molecule has 0 saturated heterocycles. The molecule has 0 aliphatic rings. The van der Waals surface area contributed by atoms with Crippen molar-refractivity contribution in [1.82, 2.24) is 0 Å². The number of unbranched alkanes of at least 4 members (excludes halogenated alkanes) is 9. The predicted molar refractivity (Wildman–Crippen MR) is 196 cm³/mol. The second-order valence-electron chi connectivity index (χ2n) is 11.6. The molecule has 0 saturated carbocycles. The second-order valence-corrected chi connectivity index (χ2v) is 11.6. The minimum atomic E-state index is -0.997. The van der Waals surface area contributed by atoms with Gasteiger partial charge in [0.2, 0.25) is 0 Å². The molecule has 0 radical (unpaired) electrons. The molecule has 0 fully saturated rings. The van der Waals surface area contributed by atoms with Crippen LogP contribution in [0.2, 0.25) is 0 Å². The number of carbonyl (C=O) groups is 2. The van der Waals surface area contributed by atoms with E-state index in [1.807, 2.05) is 0 Å². The van der Waals surface area contributed by atoms with E-state index in [0.717, 1.165) is 77.0 Å². The highest BCUT2D eigenvalue weighted by molar-refractivity contribution is 5.69. The minimum absolute atomic E-state index is 0.148. The first-order valence-electron chi connectivity index (χ1n) is 18.1. The van der Waals surface area contributed by atoms with Gasteiger partial charge in [0.05, 0.1) is 0 Å². The zero-order valence-corrected chi connectivity index (χ0v) is 29.3. The van der Waals surface area contributed by atoms with Crippen LogP contribution in [0.15, 0.2) is 85.1 Å². The van der Waals surface area contributed by atoms with Crippen molar-refractivity contribution in [3.05, 3.63) is 85.1 Å². The Morgan fingerprint density at radius 3 is 1.33 bits per heavy atom. The topological polar surface area (TPSA) is 72.8 Å². The third kappa shape index (κ3) is 35.6. The summed E-state index contributed by atoms with van der Waals surface area (Å²) in [6, 6.07) is 0. The molecule has 0 aliphatic carbocycles. The van der Waals surface area contributed by atoms with Crippen molar-refractivity contribution in [3.8, 4) is 0 Å². The van der Waals surface area contributed by atoms with Crippen LogP contribution in [0, 0.1) is 0 Å². The monoisotopic (exact) mass is 638 g/mol. The first-order chi connectivity index (χ1) is 22.6. The standard InChI is InChI=1S/C41H66O5/c1-3-5-7-9-11-13-15-17-19-20-22-24-26-28-30-32-34-36-41(44)46-38-39(42)37-45-40(43)35-33-31-29-27-25-23-21-18-16-14-12-10-8-6-4-2/h6,8,11-14,17-19,21-22,24,28,30,39,42H,3-5,7,9-10,15-16,20,23,25-27,29,31-38H2,1-2H3/b8-6-,13-11-,14-12-,19-17-,21-18-,24-22-,30-28-/t39-/m0/s1. The highest BCUT2D eigenvalue weighted by Crippen LogP contribution is 2.09. The van der Waals surface area contributed by atoms with E-state index < -0.39 is 6.10 Å². The zero-order chi connectivity index (χ0) is 33.6. The molecule has 0 rings (SSSR count). The molecule has 0 aromatic heterocycles. The fourth-order valence-electron chi connectivity index (χ4n) is 4.38. The van der Waals surface area contributed by atoms with Gasteiger partial charge in [0.1, 0.15) is 19.3 Å². The van der Waals surface area contributed by atoms with Gasteiger partial charge in [0.15, 0.2) is 0 Å². The molecule has 0 aromatic rings. The van der Waals surface area contributed by atoms with E-state index in [1.54, 1.807) is 0 Å². The summed E-state index contributed by atoms with van der Waals surface area (Å²) in [5.74, 6) is -0.658. The highest BCUT2D eigenvalue weighted by atomic mass is 16.6. The summed E-state index contributed by atoms with van der Waals surface area (Å²) >= 11 is 0. The Hall–Kier alpha value is -2.92. The molecular formula is C41H66O5. The molecule has 0 unspecified atom stereocenters. The molecule has 0 heterocycles. The average Bonchev–Trinajstić information content (AvgIpc) is 3.06. The maximum absolute atomic E-state index is 11.9. The molecule has 0 aliphatic heterocycles. The SMILES string of the molecule is CC/C=C\C/C=C\C/C=C\CCCCCCCC(=O)OC[C@H](O)COC(=O)CCC/C=C\C/C=C\C/C=C\C/C=C\CCCCC. The summed E-state index contributed by atoms with van der Waals surface area (Å²) in [5, 5.41) is 9.98. The second kappa shape index (κ2) is 36.5. The van der Waals surface area contributed by atoms with Gasteiger partial charge in [0.25, 0.3) is 0 Å². The van der Waals surface area contributed by atoms with Crippen molar-refractivity contribution in [3.63, 3.8) is 0 Å². The molecule has 1 atom stereocenters. The van der Waals surface area contributed by atoms with Gasteiger partial charge >= 0.3 is 11.9 Å². The van der Waals surface area contributed by atoms with Gasteiger partial charge < -0.3 is 14.6 Å². The largest absolute Gasteiger partial charge is 0.463 e. The average molecular weight is 639 g/mol. The fraction of sp³-hybridized carbons (Fsp3) is 0.610. The minimum Gasteiger partial charge on any atom is -0.463 e. The Kier molecular flexibility index (Phi) is 34.2. The predicted octanol–water partition coefficient (Wildman–Crippen LogP) is 11.2. The van der Waals surface area contributed by atoms with Crippen molar-refractivity contribution in [2.45, 2.75) is 148 Å². The Balaban J connectivity index is 3.61. The van der Waals surface area contributed by atoms with Crippen molar-refractivity contribution < 1.29 is 24.2 Å². The summed E-state index contributed by atoms with van der Waals surface area (Å²) in [4.78, 5) is 23.8. The summed E-state index contributed by atoms with van der Waals surface area (Å²) in [6.45, 7) is 4.07. The number of aliphatic hydroxyl groups excluding tert-OH is 1. The number of hydrogen-bond acceptors (Lipinski definition) is 5. The van der Waals surface area contributed by atoms with E-state index in [1.165, 1.54) is 32.1 Å². The number of carbonyl (C=O) groups excluding carboxylic acids is 2. The van der Waals surface area contributed by atoms with E-state index in [4.69, 9.17) is 9.47 Å². The summed E-state index contributed by atoms with van der Waals surface area (Å²) in [6.07, 6.45) is 49.2. The van der Waals surface area contributed by atoms with Gasteiger partial charge in [-0.3, -0.25) is 9.59 Å². The van der Waals surface area contributed by atoms with E-state index >= 15 is 0 Å². The van der Waals surface area contributed by atoms with Crippen LogP contribution < -0.4 is 0 Å². The summed E-state index contributed by atoms with van der Waals surface area (Å²) < 4.78 is 10.3. The first kappa shape index (κ1) is 43.1. The number of ether oxygens (including phenoxy) is 2. The molecule has 1 N–H and O–H groups in total. The van der Waals surface area contributed by atoms with Crippen molar-refractivity contribution in [1.29, 1.82) is 0 Å². The normalized spacial score (nSPS) is 13.2. The number of aliphatic hydroxyl groups is 1. The Bertz CT molecular complexity index is 906. The Labute approximate surface area is 282 Å². The van der Waals surface area contributed by atoms with Gasteiger partial charge in [-0.1, -0.05) is 131 Å². The van der Waals surface area contributed by atoms with E-state index in [0.29, 0.717) is 19.3 Å². The molecule has 5 nitrogen and oxygen atoms in total. The number of hydrogen-bond donors (Lipinski definition) is 1. The van der Waals surface area contributed by atoms with Crippen molar-refractivity contribution in [2.24, 2.45) is 0 Å². The van der Waals surface area contributed by atoms with Crippen LogP contribution >= 0.6 is 0 Å². The van der Waals surface area contributed by atoms with Crippen LogP contribution in [0.25, 0.3) is 0 Å². The lowest BCUT2D eigenvalue weighted by Gasteiger charge is -2.12. The molecule has 0 bridgehead atoms. The maximum atomic E-state index is 11.9. The molecule has 0 aromatic carbocycles. The smallest absolute Gasteiger partial charge is 0.305 e. The number of esters is 2.